The maximum atomic E-state index is 3.82. The Labute approximate surface area is 145 Å². The smallest absolute Gasteiger partial charge is 0.0317 e. The largest absolute Gasteiger partial charge is 0.103 e. The van der Waals surface area contributed by atoms with Crippen molar-refractivity contribution in [2.24, 2.45) is 17.8 Å². The Hall–Kier alpha value is -0.520. The lowest BCUT2D eigenvalue weighted by Crippen LogP contribution is -2.23. The molecule has 0 nitrogen and oxygen atoms in total. The molecule has 2 aliphatic carbocycles. The average molecular weight is 317 g/mol. The Bertz CT molecular complexity index is 343. The van der Waals surface area contributed by atoms with Crippen molar-refractivity contribution in [2.75, 3.05) is 0 Å². The molecule has 132 valence electrons. The highest BCUT2D eigenvalue weighted by Crippen LogP contribution is 2.41. The van der Waals surface area contributed by atoms with Gasteiger partial charge in [-0.1, -0.05) is 63.2 Å². The normalized spacial score (nSPS) is 28.4. The fourth-order valence-electron chi connectivity index (χ4n) is 4.84. The van der Waals surface area contributed by atoms with Gasteiger partial charge in [0.15, 0.2) is 0 Å². The molecule has 0 aromatic carbocycles. The zero-order chi connectivity index (χ0) is 16.3. The Morgan fingerprint density at radius 2 is 1.83 bits per heavy atom. The fourth-order valence-corrected chi connectivity index (χ4v) is 4.84. The van der Waals surface area contributed by atoms with Crippen LogP contribution in [0.3, 0.4) is 0 Å². The number of hydrogen-bond donors (Lipinski definition) is 0. The summed E-state index contributed by atoms with van der Waals surface area (Å²) in [4.78, 5) is 0. The third kappa shape index (κ3) is 6.86. The highest BCUT2D eigenvalue weighted by atomic mass is 14.3. The Balaban J connectivity index is 1.62. The molecule has 0 aromatic heterocycles. The van der Waals surface area contributed by atoms with Crippen molar-refractivity contribution in [3.05, 3.63) is 24.3 Å². The number of rotatable bonds is 10. The Morgan fingerprint density at radius 3 is 2.48 bits per heavy atom. The van der Waals surface area contributed by atoms with Crippen LogP contribution in [0.5, 0.6) is 0 Å². The molecule has 0 N–H and O–H groups in total. The van der Waals surface area contributed by atoms with Crippen LogP contribution in [0.1, 0.15) is 103 Å². The van der Waals surface area contributed by atoms with E-state index >= 15 is 0 Å². The highest BCUT2D eigenvalue weighted by Gasteiger charge is 2.28. The lowest BCUT2D eigenvalue weighted by molar-refractivity contribution is 0.185. The first kappa shape index (κ1) is 18.8. The second kappa shape index (κ2) is 11.1. The van der Waals surface area contributed by atoms with Gasteiger partial charge in [0.25, 0.3) is 0 Å². The Kier molecular flexibility index (Phi) is 9.09. The van der Waals surface area contributed by atoms with E-state index in [1.54, 1.807) is 5.57 Å². The molecule has 2 rings (SSSR count). The lowest BCUT2D eigenvalue weighted by Gasteiger charge is -2.35. The molecule has 0 saturated heterocycles. The van der Waals surface area contributed by atoms with Crippen LogP contribution in [0.4, 0.5) is 0 Å². The van der Waals surface area contributed by atoms with E-state index in [9.17, 15) is 0 Å². The molecule has 0 heteroatoms. The van der Waals surface area contributed by atoms with Crippen molar-refractivity contribution in [1.29, 1.82) is 0 Å². The first-order chi connectivity index (χ1) is 11.3. The van der Waals surface area contributed by atoms with E-state index in [0.717, 1.165) is 17.8 Å². The second-order valence-electron chi connectivity index (χ2n) is 8.21. The van der Waals surface area contributed by atoms with Crippen molar-refractivity contribution < 1.29 is 0 Å². The van der Waals surface area contributed by atoms with Gasteiger partial charge in [-0.3, -0.25) is 0 Å². The lowest BCUT2D eigenvalue weighted by atomic mass is 9.70. The molecule has 23 heavy (non-hydrogen) atoms. The van der Waals surface area contributed by atoms with E-state index < -0.39 is 0 Å². The van der Waals surface area contributed by atoms with Crippen LogP contribution in [0.25, 0.3) is 0 Å². The average Bonchev–Trinajstić information content (AvgIpc) is 2.60. The van der Waals surface area contributed by atoms with Crippen molar-refractivity contribution in [3.8, 4) is 0 Å². The predicted octanol–water partition coefficient (Wildman–Crippen LogP) is 7.85. The van der Waals surface area contributed by atoms with Crippen LogP contribution in [-0.2, 0) is 0 Å². The number of unbranched alkanes of at least 4 members (excludes halogenated alkanes) is 4. The zero-order valence-corrected chi connectivity index (χ0v) is 15.7. The zero-order valence-electron chi connectivity index (χ0n) is 15.7. The van der Waals surface area contributed by atoms with Crippen LogP contribution < -0.4 is 0 Å². The first-order valence-electron chi connectivity index (χ1n) is 10.6. The summed E-state index contributed by atoms with van der Waals surface area (Å²) in [5, 5.41) is 0. The van der Waals surface area contributed by atoms with Gasteiger partial charge in [0.2, 0.25) is 0 Å². The third-order valence-corrected chi connectivity index (χ3v) is 6.48. The molecular weight excluding hydrogens is 276 g/mol. The minimum atomic E-state index is 1.02. The summed E-state index contributed by atoms with van der Waals surface area (Å²) in [6.07, 6.45) is 26.1. The molecule has 0 aromatic rings. The number of hydrogen-bond acceptors (Lipinski definition) is 0. The van der Waals surface area contributed by atoms with Crippen LogP contribution in [0.2, 0.25) is 0 Å². The predicted molar refractivity (Wildman–Crippen MR) is 104 cm³/mol. The molecule has 0 amide bonds. The molecular formula is C23H40. The van der Waals surface area contributed by atoms with E-state index in [-0.39, 0.29) is 0 Å². The van der Waals surface area contributed by atoms with Gasteiger partial charge in [0, 0.05) is 0 Å². The van der Waals surface area contributed by atoms with Crippen LogP contribution in [0, 0.1) is 17.8 Å². The monoisotopic (exact) mass is 316 g/mol. The van der Waals surface area contributed by atoms with Crippen molar-refractivity contribution in [1.82, 2.24) is 0 Å². The molecule has 0 spiro atoms. The summed E-state index contributed by atoms with van der Waals surface area (Å²) < 4.78 is 0. The van der Waals surface area contributed by atoms with Gasteiger partial charge in [-0.25, -0.2) is 0 Å². The van der Waals surface area contributed by atoms with Crippen LogP contribution in [-0.4, -0.2) is 0 Å². The van der Waals surface area contributed by atoms with Crippen LogP contribution >= 0.6 is 0 Å². The molecule has 2 aliphatic rings. The van der Waals surface area contributed by atoms with Gasteiger partial charge in [0.05, 0.1) is 0 Å². The van der Waals surface area contributed by atoms with E-state index in [2.05, 4.69) is 25.7 Å². The molecule has 1 fully saturated rings. The maximum absolute atomic E-state index is 3.82. The molecule has 1 unspecified atom stereocenters. The molecule has 1 saturated carbocycles. The molecule has 0 aliphatic heterocycles. The fraction of sp³-hybridized carbons (Fsp3) is 0.826. The summed E-state index contributed by atoms with van der Waals surface area (Å²) in [5.74, 6) is 3.14. The summed E-state index contributed by atoms with van der Waals surface area (Å²) in [6.45, 7) is 6.14. The molecule has 1 atom stereocenters. The molecule has 0 bridgehead atoms. The Morgan fingerprint density at radius 1 is 1.00 bits per heavy atom. The summed E-state index contributed by atoms with van der Waals surface area (Å²) in [6, 6.07) is 0. The number of allylic oxidation sites excluding steroid dienone is 3. The van der Waals surface area contributed by atoms with Gasteiger partial charge in [-0.2, -0.15) is 0 Å². The van der Waals surface area contributed by atoms with Crippen molar-refractivity contribution in [3.63, 3.8) is 0 Å². The van der Waals surface area contributed by atoms with Crippen molar-refractivity contribution in [2.45, 2.75) is 103 Å². The highest BCUT2D eigenvalue weighted by molar-refractivity contribution is 5.07. The van der Waals surface area contributed by atoms with E-state index in [4.69, 9.17) is 0 Å². The summed E-state index contributed by atoms with van der Waals surface area (Å²) >= 11 is 0. The quantitative estimate of drug-likeness (QED) is 0.284. The third-order valence-electron chi connectivity index (χ3n) is 6.48. The minimum Gasteiger partial charge on any atom is -0.103 e. The second-order valence-corrected chi connectivity index (χ2v) is 8.21. The van der Waals surface area contributed by atoms with E-state index in [1.165, 1.54) is 96.3 Å². The SMILES string of the molecule is C=CCCCCC1=CCC(C2CCC(CCCCC)CC2)CC1. The van der Waals surface area contributed by atoms with E-state index in [1.807, 2.05) is 0 Å². The van der Waals surface area contributed by atoms with Gasteiger partial charge < -0.3 is 0 Å². The maximum Gasteiger partial charge on any atom is -0.0317 e. The molecule has 0 heterocycles. The van der Waals surface area contributed by atoms with Crippen molar-refractivity contribution >= 4 is 0 Å². The van der Waals surface area contributed by atoms with Gasteiger partial charge in [-0.15, -0.1) is 6.58 Å². The topological polar surface area (TPSA) is 0 Å². The standard InChI is InChI=1S/C23H40/c1-3-5-7-9-11-21-14-18-23(19-15-21)22-16-12-20(13-17-22)10-8-6-4-2/h3,14,20,22-23H,1,4-13,15-19H2,2H3. The minimum absolute atomic E-state index is 1.02. The summed E-state index contributed by atoms with van der Waals surface area (Å²) in [5.41, 5.74) is 1.76. The van der Waals surface area contributed by atoms with Gasteiger partial charge in [-0.05, 0) is 75.5 Å². The van der Waals surface area contributed by atoms with E-state index in [0.29, 0.717) is 0 Å². The summed E-state index contributed by atoms with van der Waals surface area (Å²) in [7, 11) is 0. The molecule has 0 radical (unpaired) electrons. The first-order valence-corrected chi connectivity index (χ1v) is 10.6. The van der Waals surface area contributed by atoms with Crippen LogP contribution in [0.15, 0.2) is 24.3 Å². The van der Waals surface area contributed by atoms with Gasteiger partial charge >= 0.3 is 0 Å². The van der Waals surface area contributed by atoms with Gasteiger partial charge in [0.1, 0.15) is 0 Å².